The molecule has 0 radical (unpaired) electrons. The number of benzene rings is 1. The van der Waals surface area contributed by atoms with E-state index in [9.17, 15) is 0 Å². The van der Waals surface area contributed by atoms with Crippen molar-refractivity contribution in [2.45, 2.75) is 38.4 Å². The second kappa shape index (κ2) is 6.46. The lowest BCUT2D eigenvalue weighted by molar-refractivity contribution is -0.123. The van der Waals surface area contributed by atoms with E-state index >= 15 is 0 Å². The SMILES string of the molecule is CCC1(CC)CNCC(c2ccc(OC)cc2OC)O1. The van der Waals surface area contributed by atoms with Crippen LogP contribution in [0.1, 0.15) is 38.4 Å². The number of hydrogen-bond acceptors (Lipinski definition) is 4. The number of nitrogens with one attached hydrogen (secondary N) is 1. The van der Waals surface area contributed by atoms with Gasteiger partial charge in [0.05, 0.1) is 25.9 Å². The van der Waals surface area contributed by atoms with Crippen molar-refractivity contribution >= 4 is 0 Å². The largest absolute Gasteiger partial charge is 0.497 e. The third kappa shape index (κ3) is 2.91. The van der Waals surface area contributed by atoms with Gasteiger partial charge in [0.2, 0.25) is 0 Å². The minimum Gasteiger partial charge on any atom is -0.497 e. The first-order chi connectivity index (χ1) is 9.68. The summed E-state index contributed by atoms with van der Waals surface area (Å²) < 4.78 is 17.1. The molecule has 1 aliphatic heterocycles. The first-order valence-electron chi connectivity index (χ1n) is 7.28. The van der Waals surface area contributed by atoms with E-state index < -0.39 is 0 Å². The third-order valence-electron chi connectivity index (χ3n) is 4.25. The van der Waals surface area contributed by atoms with Crippen LogP contribution in [0.25, 0.3) is 0 Å². The number of ether oxygens (including phenoxy) is 3. The maximum absolute atomic E-state index is 6.39. The molecule has 1 saturated heterocycles. The van der Waals surface area contributed by atoms with Crippen molar-refractivity contribution in [2.24, 2.45) is 0 Å². The Hall–Kier alpha value is -1.26. The monoisotopic (exact) mass is 279 g/mol. The van der Waals surface area contributed by atoms with Crippen LogP contribution in [0.3, 0.4) is 0 Å². The second-order valence-electron chi connectivity index (χ2n) is 5.24. The van der Waals surface area contributed by atoms with E-state index in [4.69, 9.17) is 14.2 Å². The fourth-order valence-electron chi connectivity index (χ4n) is 2.74. The van der Waals surface area contributed by atoms with Crippen LogP contribution in [0, 0.1) is 0 Å². The van der Waals surface area contributed by atoms with Crippen molar-refractivity contribution < 1.29 is 14.2 Å². The quantitative estimate of drug-likeness (QED) is 0.899. The van der Waals surface area contributed by atoms with Crippen LogP contribution in [0.15, 0.2) is 18.2 Å². The molecule has 1 aromatic rings. The average Bonchev–Trinajstić information content (AvgIpc) is 2.54. The smallest absolute Gasteiger partial charge is 0.128 e. The highest BCUT2D eigenvalue weighted by Gasteiger charge is 2.35. The zero-order valence-corrected chi connectivity index (χ0v) is 12.9. The number of morpholine rings is 1. The molecule has 0 aliphatic carbocycles. The Kier molecular flexibility index (Phi) is 4.89. The number of methoxy groups -OCH3 is 2. The maximum atomic E-state index is 6.39. The molecule has 4 heteroatoms. The molecule has 1 heterocycles. The molecule has 1 aromatic carbocycles. The molecule has 1 fully saturated rings. The molecule has 1 N–H and O–H groups in total. The normalized spacial score (nSPS) is 21.5. The van der Waals surface area contributed by atoms with Crippen molar-refractivity contribution in [2.75, 3.05) is 27.3 Å². The molecule has 1 unspecified atom stereocenters. The summed E-state index contributed by atoms with van der Waals surface area (Å²) in [6.45, 7) is 6.08. The van der Waals surface area contributed by atoms with Gasteiger partial charge in [-0.3, -0.25) is 0 Å². The molecule has 1 aliphatic rings. The Morgan fingerprint density at radius 3 is 2.60 bits per heavy atom. The Morgan fingerprint density at radius 1 is 1.25 bits per heavy atom. The molecule has 0 aromatic heterocycles. The van der Waals surface area contributed by atoms with Crippen LogP contribution in [0.5, 0.6) is 11.5 Å². The van der Waals surface area contributed by atoms with Crippen LogP contribution >= 0.6 is 0 Å². The fraction of sp³-hybridized carbons (Fsp3) is 0.625. The summed E-state index contributed by atoms with van der Waals surface area (Å²) in [5.74, 6) is 1.62. The Morgan fingerprint density at radius 2 is 2.00 bits per heavy atom. The summed E-state index contributed by atoms with van der Waals surface area (Å²) in [5, 5.41) is 3.49. The summed E-state index contributed by atoms with van der Waals surface area (Å²) in [5.41, 5.74) is 1.00. The van der Waals surface area contributed by atoms with Crippen LogP contribution in [0.2, 0.25) is 0 Å². The van der Waals surface area contributed by atoms with Gasteiger partial charge in [-0.25, -0.2) is 0 Å². The van der Waals surface area contributed by atoms with Crippen LogP contribution in [-0.2, 0) is 4.74 Å². The summed E-state index contributed by atoms with van der Waals surface area (Å²) >= 11 is 0. The first-order valence-corrected chi connectivity index (χ1v) is 7.28. The molecule has 0 amide bonds. The average molecular weight is 279 g/mol. The minimum atomic E-state index is -0.0755. The van der Waals surface area contributed by atoms with E-state index in [1.54, 1.807) is 14.2 Å². The maximum Gasteiger partial charge on any atom is 0.128 e. The van der Waals surface area contributed by atoms with Gasteiger partial charge in [-0.15, -0.1) is 0 Å². The van der Waals surface area contributed by atoms with Crippen molar-refractivity contribution in [3.8, 4) is 11.5 Å². The Balaban J connectivity index is 2.26. The highest BCUT2D eigenvalue weighted by molar-refractivity contribution is 5.42. The zero-order chi connectivity index (χ0) is 14.6. The van der Waals surface area contributed by atoms with Crippen molar-refractivity contribution in [1.82, 2.24) is 5.32 Å². The minimum absolute atomic E-state index is 0.0181. The van der Waals surface area contributed by atoms with Gasteiger partial charge in [0.1, 0.15) is 11.5 Å². The molecule has 2 rings (SSSR count). The molecule has 112 valence electrons. The van der Waals surface area contributed by atoms with Gasteiger partial charge in [0.15, 0.2) is 0 Å². The topological polar surface area (TPSA) is 39.7 Å². The lowest BCUT2D eigenvalue weighted by atomic mass is 9.93. The van der Waals surface area contributed by atoms with Gasteiger partial charge in [-0.1, -0.05) is 13.8 Å². The van der Waals surface area contributed by atoms with Crippen molar-refractivity contribution in [1.29, 1.82) is 0 Å². The highest BCUT2D eigenvalue weighted by atomic mass is 16.5. The number of rotatable bonds is 5. The Bertz CT molecular complexity index is 443. The van der Waals surface area contributed by atoms with E-state index in [1.165, 1.54) is 0 Å². The van der Waals surface area contributed by atoms with Gasteiger partial charge in [0.25, 0.3) is 0 Å². The number of hydrogen-bond donors (Lipinski definition) is 1. The van der Waals surface area contributed by atoms with Crippen LogP contribution in [-0.4, -0.2) is 32.9 Å². The summed E-state index contributed by atoms with van der Waals surface area (Å²) in [7, 11) is 3.34. The molecular weight excluding hydrogens is 254 g/mol. The summed E-state index contributed by atoms with van der Waals surface area (Å²) in [4.78, 5) is 0. The highest BCUT2D eigenvalue weighted by Crippen LogP contribution is 2.37. The van der Waals surface area contributed by atoms with Gasteiger partial charge in [-0.2, -0.15) is 0 Å². The lowest BCUT2D eigenvalue weighted by Crippen LogP contribution is -2.50. The van der Waals surface area contributed by atoms with E-state index in [-0.39, 0.29) is 11.7 Å². The molecule has 4 nitrogen and oxygen atoms in total. The van der Waals surface area contributed by atoms with Gasteiger partial charge in [-0.05, 0) is 25.0 Å². The fourth-order valence-corrected chi connectivity index (χ4v) is 2.74. The summed E-state index contributed by atoms with van der Waals surface area (Å²) in [6, 6.07) is 5.90. The van der Waals surface area contributed by atoms with Crippen molar-refractivity contribution in [3.05, 3.63) is 23.8 Å². The van der Waals surface area contributed by atoms with Gasteiger partial charge >= 0.3 is 0 Å². The standard InChI is InChI=1S/C16H25NO3/c1-5-16(6-2)11-17-10-15(20-16)13-8-7-12(18-3)9-14(13)19-4/h7-9,15,17H,5-6,10-11H2,1-4H3. The second-order valence-corrected chi connectivity index (χ2v) is 5.24. The van der Waals surface area contributed by atoms with Crippen molar-refractivity contribution in [3.63, 3.8) is 0 Å². The Labute approximate surface area is 121 Å². The molecule has 0 saturated carbocycles. The third-order valence-corrected chi connectivity index (χ3v) is 4.25. The van der Waals surface area contributed by atoms with Gasteiger partial charge in [0, 0.05) is 24.7 Å². The predicted octanol–water partition coefficient (Wildman–Crippen LogP) is 2.92. The summed E-state index contributed by atoms with van der Waals surface area (Å²) in [6.07, 6.45) is 2.03. The molecule has 0 bridgehead atoms. The molecule has 20 heavy (non-hydrogen) atoms. The van der Waals surface area contributed by atoms with E-state index in [2.05, 4.69) is 19.2 Å². The van der Waals surface area contributed by atoms with Crippen LogP contribution in [0.4, 0.5) is 0 Å². The van der Waals surface area contributed by atoms with Crippen LogP contribution < -0.4 is 14.8 Å². The van der Waals surface area contributed by atoms with E-state index in [0.29, 0.717) is 0 Å². The van der Waals surface area contributed by atoms with E-state index in [1.807, 2.05) is 18.2 Å². The lowest BCUT2D eigenvalue weighted by Gasteiger charge is -2.41. The van der Waals surface area contributed by atoms with Gasteiger partial charge < -0.3 is 19.5 Å². The molecule has 1 atom stereocenters. The van der Waals surface area contributed by atoms with E-state index in [0.717, 1.165) is 43.0 Å². The predicted molar refractivity (Wildman–Crippen MR) is 79.6 cm³/mol. The molecule has 0 spiro atoms. The molecular formula is C16H25NO3. The first kappa shape index (κ1) is 15.1. The zero-order valence-electron chi connectivity index (χ0n) is 12.9.